The van der Waals surface area contributed by atoms with E-state index in [-0.39, 0.29) is 40.8 Å². The fraction of sp³-hybridized carbons (Fsp3) is 0.833. The molecule has 1 N–H and O–H groups in total. The summed E-state index contributed by atoms with van der Waals surface area (Å²) in [5.41, 5.74) is 0.810. The van der Waals surface area contributed by atoms with E-state index >= 15 is 0 Å². The lowest BCUT2D eigenvalue weighted by molar-refractivity contribution is -0.237. The number of hydrogen-bond acceptors (Lipinski definition) is 4. The van der Waals surface area contributed by atoms with Crippen LogP contribution < -0.4 is 0 Å². The van der Waals surface area contributed by atoms with E-state index in [2.05, 4.69) is 13.5 Å². The fourth-order valence-corrected chi connectivity index (χ4v) is 8.78. The van der Waals surface area contributed by atoms with Crippen molar-refractivity contribution in [3.63, 3.8) is 0 Å². The second kappa shape index (κ2) is 6.32. The van der Waals surface area contributed by atoms with Gasteiger partial charge in [0.2, 0.25) is 5.91 Å². The molecule has 0 aromatic heterocycles. The number of rotatable bonds is 3. The predicted molar refractivity (Wildman–Crippen MR) is 109 cm³/mol. The van der Waals surface area contributed by atoms with E-state index < -0.39 is 0 Å². The molecule has 6 fully saturated rings. The lowest BCUT2D eigenvalue weighted by atomic mass is 9.35. The van der Waals surface area contributed by atoms with Gasteiger partial charge in [-0.15, -0.1) is 0 Å². The first-order valence-electron chi connectivity index (χ1n) is 11.5. The Kier molecular flexibility index (Phi) is 4.27. The zero-order chi connectivity index (χ0) is 20.6. The van der Waals surface area contributed by atoms with Gasteiger partial charge >= 0.3 is 5.97 Å². The molecule has 1 aliphatic heterocycles. The molecule has 0 aromatic carbocycles. The fourth-order valence-electron chi connectivity index (χ4n) is 8.78. The van der Waals surface area contributed by atoms with Crippen molar-refractivity contribution in [1.29, 1.82) is 0 Å². The van der Waals surface area contributed by atoms with Gasteiger partial charge < -0.3 is 14.7 Å². The number of ether oxygens (including phenoxy) is 1. The van der Waals surface area contributed by atoms with Gasteiger partial charge in [0.25, 0.3) is 0 Å². The third-order valence-corrected chi connectivity index (χ3v) is 9.91. The summed E-state index contributed by atoms with van der Waals surface area (Å²) in [6.45, 7) is 9.42. The van der Waals surface area contributed by atoms with Crippen LogP contribution in [0.1, 0.15) is 65.2 Å². The van der Waals surface area contributed by atoms with E-state index in [1.165, 1.54) is 13.3 Å². The lowest BCUT2D eigenvalue weighted by Crippen LogP contribution is -2.72. The maximum atomic E-state index is 13.5. The molecular weight excluding hydrogens is 366 g/mol. The Morgan fingerprint density at radius 3 is 2.72 bits per heavy atom. The van der Waals surface area contributed by atoms with Gasteiger partial charge in [-0.2, -0.15) is 0 Å². The normalized spacial score (nSPS) is 48.2. The zero-order valence-corrected chi connectivity index (χ0v) is 17.9. The van der Waals surface area contributed by atoms with Crippen LogP contribution in [-0.2, 0) is 14.3 Å². The highest BCUT2D eigenvalue weighted by Gasteiger charge is 2.71. The standard InChI is InChI=1S/C24H35NO4/c1-15-17-5-9-23(20(15)27)10-6-18-22(3)7-4-8-24(18,19(23)13-17)14-25(21(22)28)11-12-29-16(2)26/h17-20,27H,1,4-14H2,2-3H3/t17-,18-,19-,20-,22+,23-,24+/m1/s1. The second-order valence-corrected chi connectivity index (χ2v) is 10.9. The van der Waals surface area contributed by atoms with Crippen LogP contribution in [0.25, 0.3) is 0 Å². The summed E-state index contributed by atoms with van der Waals surface area (Å²) in [5, 5.41) is 11.3. The molecule has 6 aliphatic rings. The molecule has 1 spiro atoms. The van der Waals surface area contributed by atoms with Crippen LogP contribution in [0.5, 0.6) is 0 Å². The Bertz CT molecular complexity index is 764. The topological polar surface area (TPSA) is 66.8 Å². The Morgan fingerprint density at radius 2 is 1.97 bits per heavy atom. The average molecular weight is 402 g/mol. The average Bonchev–Trinajstić information content (AvgIpc) is 2.69. The molecule has 5 saturated carbocycles. The maximum Gasteiger partial charge on any atom is 0.302 e. The Morgan fingerprint density at radius 1 is 1.21 bits per heavy atom. The van der Waals surface area contributed by atoms with Crippen molar-refractivity contribution in [2.75, 3.05) is 19.7 Å². The van der Waals surface area contributed by atoms with Crippen molar-refractivity contribution in [3.05, 3.63) is 12.2 Å². The van der Waals surface area contributed by atoms with Crippen LogP contribution >= 0.6 is 0 Å². The highest BCUT2D eigenvalue weighted by molar-refractivity contribution is 5.84. The van der Waals surface area contributed by atoms with E-state index in [1.54, 1.807) is 0 Å². The van der Waals surface area contributed by atoms with Crippen molar-refractivity contribution in [2.45, 2.75) is 71.3 Å². The summed E-state index contributed by atoms with van der Waals surface area (Å²) >= 11 is 0. The van der Waals surface area contributed by atoms with Crippen molar-refractivity contribution >= 4 is 11.9 Å². The largest absolute Gasteiger partial charge is 0.464 e. The van der Waals surface area contributed by atoms with Crippen LogP contribution in [0, 0.1) is 34.0 Å². The number of carbonyl (C=O) groups is 2. The molecule has 5 aliphatic carbocycles. The number of esters is 1. The molecule has 1 saturated heterocycles. The molecule has 29 heavy (non-hydrogen) atoms. The monoisotopic (exact) mass is 401 g/mol. The lowest BCUT2D eigenvalue weighted by Gasteiger charge is -2.72. The summed E-state index contributed by atoms with van der Waals surface area (Å²) in [6.07, 6.45) is 8.33. The van der Waals surface area contributed by atoms with Crippen LogP contribution in [-0.4, -0.2) is 47.7 Å². The summed E-state index contributed by atoms with van der Waals surface area (Å²) in [6, 6.07) is 0. The zero-order valence-electron chi connectivity index (χ0n) is 17.9. The molecule has 0 unspecified atom stereocenters. The number of nitrogens with zero attached hydrogens (tertiary/aromatic N) is 1. The molecule has 5 nitrogen and oxygen atoms in total. The van der Waals surface area contributed by atoms with Crippen molar-refractivity contribution in [3.8, 4) is 0 Å². The summed E-state index contributed by atoms with van der Waals surface area (Å²) in [4.78, 5) is 26.8. The Labute approximate surface area is 173 Å². The van der Waals surface area contributed by atoms with Crippen molar-refractivity contribution in [2.24, 2.45) is 34.0 Å². The first kappa shape index (κ1) is 19.6. The molecule has 6 rings (SSSR count). The van der Waals surface area contributed by atoms with Gasteiger partial charge in [0.1, 0.15) is 6.61 Å². The van der Waals surface area contributed by atoms with Crippen molar-refractivity contribution < 1.29 is 19.4 Å². The van der Waals surface area contributed by atoms with Crippen LogP contribution in [0.3, 0.4) is 0 Å². The summed E-state index contributed by atoms with van der Waals surface area (Å²) in [5.74, 6) is 1.28. The number of hydrogen-bond donors (Lipinski definition) is 1. The molecule has 0 radical (unpaired) electrons. The molecule has 7 atom stereocenters. The SMILES string of the molecule is C=C1[C@@H]2CC[C@]3(CC[C@H]4[C@@]5(CCC[C@]4(C)C(=O)N(CCOC(C)=O)C5)[C@@H]3C2)[C@@H]1O. The molecule has 160 valence electrons. The first-order chi connectivity index (χ1) is 13.7. The quantitative estimate of drug-likeness (QED) is 0.582. The number of piperidine rings is 1. The number of fused-ring (bicyclic) bond motifs is 2. The number of aliphatic hydroxyl groups is 1. The minimum absolute atomic E-state index is 0.0392. The van der Waals surface area contributed by atoms with E-state index in [1.807, 2.05) is 4.90 Å². The van der Waals surface area contributed by atoms with E-state index in [0.29, 0.717) is 24.3 Å². The summed E-state index contributed by atoms with van der Waals surface area (Å²) < 4.78 is 5.18. The maximum absolute atomic E-state index is 13.5. The van der Waals surface area contributed by atoms with E-state index in [0.717, 1.165) is 57.1 Å². The van der Waals surface area contributed by atoms with Crippen LogP contribution in [0.4, 0.5) is 0 Å². The molecule has 0 aromatic rings. The van der Waals surface area contributed by atoms with Gasteiger partial charge in [-0.1, -0.05) is 19.9 Å². The van der Waals surface area contributed by atoms with Crippen LogP contribution in [0.2, 0.25) is 0 Å². The smallest absolute Gasteiger partial charge is 0.302 e. The van der Waals surface area contributed by atoms with Gasteiger partial charge in [0, 0.05) is 24.3 Å². The predicted octanol–water partition coefficient (Wildman–Crippen LogP) is 3.31. The van der Waals surface area contributed by atoms with E-state index in [9.17, 15) is 14.7 Å². The third kappa shape index (κ3) is 2.43. The van der Waals surface area contributed by atoms with Gasteiger partial charge in [0.05, 0.1) is 12.6 Å². The van der Waals surface area contributed by atoms with Gasteiger partial charge in [-0.05, 0) is 73.7 Å². The Hall–Kier alpha value is -1.36. The first-order valence-corrected chi connectivity index (χ1v) is 11.5. The minimum atomic E-state index is -0.379. The Balaban J connectivity index is 1.52. The van der Waals surface area contributed by atoms with Crippen LogP contribution in [0.15, 0.2) is 12.2 Å². The highest BCUT2D eigenvalue weighted by Crippen LogP contribution is 2.73. The molecule has 5 heteroatoms. The molecule has 4 bridgehead atoms. The second-order valence-electron chi connectivity index (χ2n) is 10.9. The molecule has 1 heterocycles. The third-order valence-electron chi connectivity index (χ3n) is 9.91. The van der Waals surface area contributed by atoms with Crippen molar-refractivity contribution in [1.82, 2.24) is 4.90 Å². The molecule has 1 amide bonds. The van der Waals surface area contributed by atoms with Gasteiger partial charge in [-0.25, -0.2) is 0 Å². The minimum Gasteiger partial charge on any atom is -0.464 e. The van der Waals surface area contributed by atoms with E-state index in [4.69, 9.17) is 4.74 Å². The summed E-state index contributed by atoms with van der Waals surface area (Å²) in [7, 11) is 0. The highest BCUT2D eigenvalue weighted by atomic mass is 16.5. The van der Waals surface area contributed by atoms with Gasteiger partial charge in [0.15, 0.2) is 0 Å². The van der Waals surface area contributed by atoms with Gasteiger partial charge in [-0.3, -0.25) is 9.59 Å². The number of likely N-dealkylation sites (tertiary alicyclic amines) is 1. The molecular formula is C24H35NO4. The number of aliphatic hydroxyl groups excluding tert-OH is 1. The number of carbonyl (C=O) groups excluding carboxylic acids is 2. The number of amides is 1.